The van der Waals surface area contributed by atoms with Crippen LogP contribution in [-0.4, -0.2) is 20.2 Å². The predicted octanol–water partition coefficient (Wildman–Crippen LogP) is 3.82. The Morgan fingerprint density at radius 2 is 1.78 bits per heavy atom. The predicted molar refractivity (Wildman–Crippen MR) is 93.1 cm³/mol. The maximum atomic E-state index is 6.15. The van der Waals surface area contributed by atoms with Crippen molar-refractivity contribution in [2.45, 2.75) is 25.9 Å². The lowest BCUT2D eigenvalue weighted by Crippen LogP contribution is -2.28. The van der Waals surface area contributed by atoms with E-state index in [-0.39, 0.29) is 0 Å². The van der Waals surface area contributed by atoms with Gasteiger partial charge in [-0.2, -0.15) is 0 Å². The lowest BCUT2D eigenvalue weighted by Gasteiger charge is -2.24. The highest BCUT2D eigenvalue weighted by molar-refractivity contribution is 5.47. The van der Waals surface area contributed by atoms with Gasteiger partial charge in [0.25, 0.3) is 0 Å². The standard InChI is InChI=1S/C20H25NO2/c1-22-19-9-5-8-18(14-16-10-12-21-13-11-16)20(19)23-15-17-6-3-2-4-7-17/h2-9,16,21H,10-15H2,1H3. The van der Waals surface area contributed by atoms with Crippen molar-refractivity contribution in [3.63, 3.8) is 0 Å². The Labute approximate surface area is 138 Å². The first-order valence-electron chi connectivity index (χ1n) is 8.40. The van der Waals surface area contributed by atoms with Crippen molar-refractivity contribution in [3.05, 3.63) is 59.7 Å². The minimum Gasteiger partial charge on any atom is -0.493 e. The van der Waals surface area contributed by atoms with Crippen molar-refractivity contribution in [3.8, 4) is 11.5 Å². The summed E-state index contributed by atoms with van der Waals surface area (Å²) in [4.78, 5) is 0. The SMILES string of the molecule is COc1cccc(CC2CCNCC2)c1OCc1ccccc1. The molecule has 0 amide bonds. The fourth-order valence-electron chi connectivity index (χ4n) is 3.17. The van der Waals surface area contributed by atoms with Crippen LogP contribution in [0.5, 0.6) is 11.5 Å². The van der Waals surface area contributed by atoms with Gasteiger partial charge in [-0.1, -0.05) is 42.5 Å². The van der Waals surface area contributed by atoms with Crippen LogP contribution in [0.25, 0.3) is 0 Å². The Morgan fingerprint density at radius 3 is 2.52 bits per heavy atom. The molecule has 0 spiro atoms. The van der Waals surface area contributed by atoms with Crippen LogP contribution in [0, 0.1) is 5.92 Å². The molecule has 1 fully saturated rings. The van der Waals surface area contributed by atoms with E-state index in [4.69, 9.17) is 9.47 Å². The zero-order valence-corrected chi connectivity index (χ0v) is 13.8. The van der Waals surface area contributed by atoms with Gasteiger partial charge in [-0.05, 0) is 55.5 Å². The molecule has 3 nitrogen and oxygen atoms in total. The third-order valence-corrected chi connectivity index (χ3v) is 4.47. The minimum absolute atomic E-state index is 0.570. The van der Waals surface area contributed by atoms with E-state index in [1.807, 2.05) is 24.3 Å². The van der Waals surface area contributed by atoms with Crippen molar-refractivity contribution in [1.29, 1.82) is 0 Å². The Bertz CT molecular complexity index is 606. The molecule has 2 aromatic rings. The van der Waals surface area contributed by atoms with Gasteiger partial charge < -0.3 is 14.8 Å². The van der Waals surface area contributed by atoms with Crippen molar-refractivity contribution in [2.24, 2.45) is 5.92 Å². The molecule has 1 heterocycles. The summed E-state index contributed by atoms with van der Waals surface area (Å²) in [5, 5.41) is 3.43. The molecule has 2 aromatic carbocycles. The summed E-state index contributed by atoms with van der Waals surface area (Å²) in [5.41, 5.74) is 2.43. The van der Waals surface area contributed by atoms with Crippen LogP contribution < -0.4 is 14.8 Å². The number of para-hydroxylation sites is 1. The van der Waals surface area contributed by atoms with E-state index in [1.54, 1.807) is 7.11 Å². The lowest BCUT2D eigenvalue weighted by molar-refractivity contribution is 0.277. The summed E-state index contributed by atoms with van der Waals surface area (Å²) in [6, 6.07) is 16.5. The summed E-state index contributed by atoms with van der Waals surface area (Å²) in [6.07, 6.45) is 3.52. The average Bonchev–Trinajstić information content (AvgIpc) is 2.62. The molecule has 3 heteroatoms. The summed E-state index contributed by atoms with van der Waals surface area (Å²) in [5.74, 6) is 2.45. The molecular formula is C20H25NO2. The zero-order chi connectivity index (χ0) is 15.9. The topological polar surface area (TPSA) is 30.5 Å². The molecule has 1 saturated heterocycles. The number of benzene rings is 2. The van der Waals surface area contributed by atoms with Crippen LogP contribution in [0.1, 0.15) is 24.0 Å². The fourth-order valence-corrected chi connectivity index (χ4v) is 3.17. The molecule has 0 atom stereocenters. The van der Waals surface area contributed by atoms with Gasteiger partial charge in [0, 0.05) is 0 Å². The summed E-state index contributed by atoms with van der Waals surface area (Å²) in [6.45, 7) is 2.81. The third-order valence-electron chi connectivity index (χ3n) is 4.47. The Balaban J connectivity index is 1.75. The molecule has 0 aliphatic carbocycles. The van der Waals surface area contributed by atoms with E-state index in [2.05, 4.69) is 29.6 Å². The number of ether oxygens (including phenoxy) is 2. The molecule has 0 unspecified atom stereocenters. The van der Waals surface area contributed by atoms with Crippen LogP contribution in [0.15, 0.2) is 48.5 Å². The van der Waals surface area contributed by atoms with Crippen molar-refractivity contribution >= 4 is 0 Å². The molecule has 23 heavy (non-hydrogen) atoms. The molecule has 122 valence electrons. The molecule has 3 rings (SSSR count). The van der Waals surface area contributed by atoms with Crippen LogP contribution >= 0.6 is 0 Å². The van der Waals surface area contributed by atoms with Crippen LogP contribution in [-0.2, 0) is 13.0 Å². The summed E-state index contributed by atoms with van der Waals surface area (Å²) >= 11 is 0. The molecule has 1 N–H and O–H groups in total. The first kappa shape index (κ1) is 15.9. The number of hydrogen-bond acceptors (Lipinski definition) is 3. The molecular weight excluding hydrogens is 286 g/mol. The maximum Gasteiger partial charge on any atom is 0.164 e. The fraction of sp³-hybridized carbons (Fsp3) is 0.400. The molecule has 0 aromatic heterocycles. The second-order valence-electron chi connectivity index (χ2n) is 6.12. The van der Waals surface area contributed by atoms with Gasteiger partial charge in [0.1, 0.15) is 6.61 Å². The first-order valence-corrected chi connectivity index (χ1v) is 8.40. The first-order chi connectivity index (χ1) is 11.4. The zero-order valence-electron chi connectivity index (χ0n) is 13.8. The van der Waals surface area contributed by atoms with E-state index in [9.17, 15) is 0 Å². The van der Waals surface area contributed by atoms with Gasteiger partial charge >= 0.3 is 0 Å². The van der Waals surface area contributed by atoms with Crippen molar-refractivity contribution < 1.29 is 9.47 Å². The smallest absolute Gasteiger partial charge is 0.164 e. The van der Waals surface area contributed by atoms with E-state index in [1.165, 1.54) is 24.0 Å². The molecule has 0 radical (unpaired) electrons. The van der Waals surface area contributed by atoms with Gasteiger partial charge in [0.2, 0.25) is 0 Å². The normalized spacial score (nSPS) is 15.3. The highest BCUT2D eigenvalue weighted by Gasteiger charge is 2.18. The number of rotatable bonds is 6. The Kier molecular flexibility index (Phi) is 5.54. The van der Waals surface area contributed by atoms with Crippen LogP contribution in [0.4, 0.5) is 0 Å². The molecule has 1 aliphatic heterocycles. The monoisotopic (exact) mass is 311 g/mol. The second-order valence-corrected chi connectivity index (χ2v) is 6.12. The van der Waals surface area contributed by atoms with Gasteiger partial charge in [-0.25, -0.2) is 0 Å². The largest absolute Gasteiger partial charge is 0.493 e. The quantitative estimate of drug-likeness (QED) is 0.880. The molecule has 0 saturated carbocycles. The third kappa shape index (κ3) is 4.26. The van der Waals surface area contributed by atoms with E-state index in [0.717, 1.165) is 36.9 Å². The minimum atomic E-state index is 0.570. The average molecular weight is 311 g/mol. The van der Waals surface area contributed by atoms with E-state index in [0.29, 0.717) is 6.61 Å². The van der Waals surface area contributed by atoms with Crippen molar-refractivity contribution in [1.82, 2.24) is 5.32 Å². The highest BCUT2D eigenvalue weighted by atomic mass is 16.5. The van der Waals surface area contributed by atoms with E-state index >= 15 is 0 Å². The number of methoxy groups -OCH3 is 1. The Hall–Kier alpha value is -2.00. The van der Waals surface area contributed by atoms with Crippen molar-refractivity contribution in [2.75, 3.05) is 20.2 Å². The lowest BCUT2D eigenvalue weighted by atomic mass is 9.90. The maximum absolute atomic E-state index is 6.15. The van der Waals surface area contributed by atoms with Gasteiger partial charge in [0.05, 0.1) is 7.11 Å². The number of hydrogen-bond donors (Lipinski definition) is 1. The van der Waals surface area contributed by atoms with Crippen LogP contribution in [0.2, 0.25) is 0 Å². The second kappa shape index (κ2) is 8.02. The molecule has 0 bridgehead atoms. The summed E-state index contributed by atoms with van der Waals surface area (Å²) in [7, 11) is 1.71. The molecule has 1 aliphatic rings. The summed E-state index contributed by atoms with van der Waals surface area (Å²) < 4.78 is 11.7. The van der Waals surface area contributed by atoms with Gasteiger partial charge in [0.15, 0.2) is 11.5 Å². The number of piperidine rings is 1. The number of nitrogens with one attached hydrogen (secondary N) is 1. The van der Waals surface area contributed by atoms with Gasteiger partial charge in [-0.15, -0.1) is 0 Å². The highest BCUT2D eigenvalue weighted by Crippen LogP contribution is 2.34. The Morgan fingerprint density at radius 1 is 1.00 bits per heavy atom. The van der Waals surface area contributed by atoms with E-state index < -0.39 is 0 Å². The van der Waals surface area contributed by atoms with Crippen LogP contribution in [0.3, 0.4) is 0 Å². The van der Waals surface area contributed by atoms with Gasteiger partial charge in [-0.3, -0.25) is 0 Å².